The van der Waals surface area contributed by atoms with Gasteiger partial charge in [0.1, 0.15) is 11.6 Å². The zero-order valence-corrected chi connectivity index (χ0v) is 11.1. The Morgan fingerprint density at radius 2 is 2.00 bits per heavy atom. The Bertz CT molecular complexity index is 779. The third-order valence-corrected chi connectivity index (χ3v) is 2.85. The van der Waals surface area contributed by atoms with Crippen LogP contribution in [-0.4, -0.2) is 10.9 Å². The molecule has 0 unspecified atom stereocenters. The second-order valence-corrected chi connectivity index (χ2v) is 4.35. The van der Waals surface area contributed by atoms with Gasteiger partial charge in [0.15, 0.2) is 0 Å². The SMILES string of the molecule is O=C(C=Cc1ccco1)NNc1ccc2ccccc2n1. The Labute approximate surface area is 121 Å². The maximum Gasteiger partial charge on any atom is 0.262 e. The molecular formula is C16H13N3O2. The van der Waals surface area contributed by atoms with Gasteiger partial charge in [0, 0.05) is 11.5 Å². The van der Waals surface area contributed by atoms with Gasteiger partial charge < -0.3 is 4.42 Å². The molecule has 2 heterocycles. The minimum atomic E-state index is -0.290. The van der Waals surface area contributed by atoms with Crippen molar-refractivity contribution in [2.45, 2.75) is 0 Å². The van der Waals surface area contributed by atoms with Crippen LogP contribution in [0.4, 0.5) is 5.82 Å². The summed E-state index contributed by atoms with van der Waals surface area (Å²) in [6.07, 6.45) is 4.52. The zero-order chi connectivity index (χ0) is 14.5. The van der Waals surface area contributed by atoms with Crippen molar-refractivity contribution in [3.05, 3.63) is 66.6 Å². The molecule has 21 heavy (non-hydrogen) atoms. The molecule has 0 aliphatic heterocycles. The lowest BCUT2D eigenvalue weighted by molar-refractivity contribution is -0.116. The largest absolute Gasteiger partial charge is 0.465 e. The third kappa shape index (κ3) is 3.27. The molecule has 3 rings (SSSR count). The molecule has 0 saturated carbocycles. The fraction of sp³-hybridized carbons (Fsp3) is 0. The fourth-order valence-electron chi connectivity index (χ4n) is 1.85. The van der Waals surface area contributed by atoms with E-state index in [4.69, 9.17) is 4.42 Å². The number of hydrogen-bond acceptors (Lipinski definition) is 4. The summed E-state index contributed by atoms with van der Waals surface area (Å²) in [6.45, 7) is 0. The number of nitrogens with one attached hydrogen (secondary N) is 2. The molecule has 0 fully saturated rings. The Hall–Kier alpha value is -3.08. The summed E-state index contributed by atoms with van der Waals surface area (Å²) >= 11 is 0. The molecule has 0 radical (unpaired) electrons. The molecule has 5 nitrogen and oxygen atoms in total. The quantitative estimate of drug-likeness (QED) is 0.569. The van der Waals surface area contributed by atoms with Crippen LogP contribution in [0.1, 0.15) is 5.76 Å². The van der Waals surface area contributed by atoms with Crippen LogP contribution >= 0.6 is 0 Å². The molecule has 0 spiro atoms. The molecule has 0 aliphatic carbocycles. The summed E-state index contributed by atoms with van der Waals surface area (Å²) in [4.78, 5) is 16.0. The second-order valence-electron chi connectivity index (χ2n) is 4.35. The second kappa shape index (κ2) is 5.92. The van der Waals surface area contributed by atoms with Gasteiger partial charge in [-0.15, -0.1) is 0 Å². The molecule has 2 aromatic heterocycles. The van der Waals surface area contributed by atoms with Crippen molar-refractivity contribution in [2.75, 3.05) is 5.43 Å². The number of aromatic nitrogens is 1. The van der Waals surface area contributed by atoms with Gasteiger partial charge in [-0.1, -0.05) is 18.2 Å². The molecule has 0 atom stereocenters. The number of pyridine rings is 1. The highest BCUT2D eigenvalue weighted by atomic mass is 16.3. The van der Waals surface area contributed by atoms with E-state index in [1.54, 1.807) is 30.5 Å². The summed E-state index contributed by atoms with van der Waals surface area (Å²) in [5.74, 6) is 0.906. The number of rotatable bonds is 4. The summed E-state index contributed by atoms with van der Waals surface area (Å²) in [5, 5.41) is 1.05. The third-order valence-electron chi connectivity index (χ3n) is 2.85. The lowest BCUT2D eigenvalue weighted by atomic mass is 10.2. The number of carbonyl (C=O) groups is 1. The van der Waals surface area contributed by atoms with Gasteiger partial charge in [-0.3, -0.25) is 15.6 Å². The summed E-state index contributed by atoms with van der Waals surface area (Å²) < 4.78 is 5.10. The van der Waals surface area contributed by atoms with Crippen LogP contribution < -0.4 is 10.9 Å². The average molecular weight is 279 g/mol. The fourth-order valence-corrected chi connectivity index (χ4v) is 1.85. The van der Waals surface area contributed by atoms with Crippen molar-refractivity contribution in [2.24, 2.45) is 0 Å². The molecule has 1 amide bonds. The average Bonchev–Trinajstić information content (AvgIpc) is 3.04. The first kappa shape index (κ1) is 12.9. The van der Waals surface area contributed by atoms with Gasteiger partial charge >= 0.3 is 0 Å². The minimum absolute atomic E-state index is 0.290. The van der Waals surface area contributed by atoms with E-state index >= 15 is 0 Å². The molecule has 2 N–H and O–H groups in total. The van der Waals surface area contributed by atoms with E-state index in [9.17, 15) is 4.79 Å². The molecule has 0 aliphatic rings. The van der Waals surface area contributed by atoms with Gasteiger partial charge in [0.2, 0.25) is 0 Å². The van der Waals surface area contributed by atoms with Crippen molar-refractivity contribution in [3.63, 3.8) is 0 Å². The Morgan fingerprint density at radius 3 is 2.86 bits per heavy atom. The van der Waals surface area contributed by atoms with Crippen LogP contribution in [0.2, 0.25) is 0 Å². The van der Waals surface area contributed by atoms with Crippen molar-refractivity contribution < 1.29 is 9.21 Å². The number of amides is 1. The van der Waals surface area contributed by atoms with Crippen LogP contribution in [0.25, 0.3) is 17.0 Å². The van der Waals surface area contributed by atoms with E-state index in [1.165, 1.54) is 6.08 Å². The highest BCUT2D eigenvalue weighted by molar-refractivity contribution is 5.92. The predicted octanol–water partition coefficient (Wildman–Crippen LogP) is 2.98. The molecule has 0 bridgehead atoms. The number of fused-ring (bicyclic) bond motifs is 1. The van der Waals surface area contributed by atoms with Gasteiger partial charge in [0.25, 0.3) is 5.91 Å². The van der Waals surface area contributed by atoms with E-state index in [-0.39, 0.29) is 5.91 Å². The number of hydrogen-bond donors (Lipinski definition) is 2. The molecule has 3 aromatic rings. The van der Waals surface area contributed by atoms with E-state index in [0.717, 1.165) is 10.9 Å². The minimum Gasteiger partial charge on any atom is -0.465 e. The highest BCUT2D eigenvalue weighted by Crippen LogP contribution is 2.13. The lowest BCUT2D eigenvalue weighted by Gasteiger charge is -2.06. The van der Waals surface area contributed by atoms with E-state index in [0.29, 0.717) is 11.6 Å². The smallest absolute Gasteiger partial charge is 0.262 e. The number of para-hydroxylation sites is 1. The summed E-state index contributed by atoms with van der Waals surface area (Å²) in [5.41, 5.74) is 6.18. The molecule has 104 valence electrons. The van der Waals surface area contributed by atoms with Crippen LogP contribution in [0.5, 0.6) is 0 Å². The number of nitrogens with zero attached hydrogens (tertiary/aromatic N) is 1. The maximum atomic E-state index is 11.6. The molecular weight excluding hydrogens is 266 g/mol. The van der Waals surface area contributed by atoms with Crippen molar-refractivity contribution in [1.82, 2.24) is 10.4 Å². The first-order valence-corrected chi connectivity index (χ1v) is 6.45. The first-order chi connectivity index (χ1) is 10.3. The van der Waals surface area contributed by atoms with Crippen molar-refractivity contribution in [3.8, 4) is 0 Å². The van der Waals surface area contributed by atoms with Crippen LogP contribution in [-0.2, 0) is 4.79 Å². The Balaban J connectivity index is 1.62. The number of hydrazine groups is 1. The predicted molar refractivity (Wildman–Crippen MR) is 81.3 cm³/mol. The normalized spacial score (nSPS) is 10.9. The van der Waals surface area contributed by atoms with Crippen LogP contribution in [0.15, 0.2) is 65.3 Å². The number of carbonyl (C=O) groups excluding carboxylic acids is 1. The molecule has 5 heteroatoms. The Morgan fingerprint density at radius 1 is 1.10 bits per heavy atom. The van der Waals surface area contributed by atoms with E-state index in [2.05, 4.69) is 15.8 Å². The van der Waals surface area contributed by atoms with Crippen molar-refractivity contribution in [1.29, 1.82) is 0 Å². The van der Waals surface area contributed by atoms with E-state index in [1.807, 2.05) is 30.3 Å². The summed E-state index contributed by atoms with van der Waals surface area (Å²) in [6, 6.07) is 15.0. The Kier molecular flexibility index (Phi) is 3.64. The number of benzene rings is 1. The highest BCUT2D eigenvalue weighted by Gasteiger charge is 1.99. The van der Waals surface area contributed by atoms with Crippen LogP contribution in [0, 0.1) is 0 Å². The number of anilines is 1. The van der Waals surface area contributed by atoms with Gasteiger partial charge in [-0.25, -0.2) is 4.98 Å². The van der Waals surface area contributed by atoms with Gasteiger partial charge in [-0.2, -0.15) is 0 Å². The van der Waals surface area contributed by atoms with Gasteiger partial charge in [-0.05, 0) is 36.4 Å². The standard InChI is InChI=1S/C16H13N3O2/c20-16(10-8-13-5-3-11-21-13)19-18-15-9-7-12-4-1-2-6-14(12)17-15/h1-11H,(H,17,18)(H,19,20). The first-order valence-electron chi connectivity index (χ1n) is 6.45. The number of furan rings is 1. The monoisotopic (exact) mass is 279 g/mol. The lowest BCUT2D eigenvalue weighted by Crippen LogP contribution is -2.27. The summed E-state index contributed by atoms with van der Waals surface area (Å²) in [7, 11) is 0. The topological polar surface area (TPSA) is 67.2 Å². The molecule has 1 aromatic carbocycles. The van der Waals surface area contributed by atoms with E-state index < -0.39 is 0 Å². The van der Waals surface area contributed by atoms with Crippen LogP contribution in [0.3, 0.4) is 0 Å². The maximum absolute atomic E-state index is 11.6. The van der Waals surface area contributed by atoms with Crippen molar-refractivity contribution >= 4 is 28.7 Å². The van der Waals surface area contributed by atoms with Gasteiger partial charge in [0.05, 0.1) is 11.8 Å². The molecule has 0 saturated heterocycles. The zero-order valence-electron chi connectivity index (χ0n) is 11.1.